The smallest absolute Gasteiger partial charge is 0.239 e. The molecular weight excluding hydrogens is 258 g/mol. The van der Waals surface area contributed by atoms with Gasteiger partial charge in [-0.1, -0.05) is 5.16 Å². The van der Waals surface area contributed by atoms with E-state index in [1.54, 1.807) is 0 Å². The van der Waals surface area contributed by atoms with Crippen molar-refractivity contribution in [3.8, 4) is 0 Å². The maximum atomic E-state index is 11.7. The Morgan fingerprint density at radius 3 is 2.35 bits per heavy atom. The Hall–Kier alpha value is -1.85. The van der Waals surface area contributed by atoms with E-state index in [1.807, 2.05) is 34.6 Å². The number of aromatic nitrogens is 1. The third-order valence-electron chi connectivity index (χ3n) is 2.74. The first-order valence-corrected chi connectivity index (χ1v) is 6.68. The van der Waals surface area contributed by atoms with Crippen molar-refractivity contribution in [2.75, 3.05) is 6.54 Å². The van der Waals surface area contributed by atoms with E-state index >= 15 is 0 Å². The van der Waals surface area contributed by atoms with E-state index in [0.717, 1.165) is 17.0 Å². The summed E-state index contributed by atoms with van der Waals surface area (Å²) in [6.45, 7) is 9.35. The van der Waals surface area contributed by atoms with Crippen molar-refractivity contribution in [1.82, 2.24) is 15.8 Å². The molecule has 20 heavy (non-hydrogen) atoms. The molecule has 0 aliphatic carbocycles. The maximum absolute atomic E-state index is 11.7. The van der Waals surface area contributed by atoms with E-state index in [4.69, 9.17) is 4.52 Å². The Morgan fingerprint density at radius 1 is 1.20 bits per heavy atom. The fourth-order valence-electron chi connectivity index (χ4n) is 1.83. The number of aryl methyl sites for hydroxylation is 2. The third kappa shape index (κ3) is 5.42. The van der Waals surface area contributed by atoms with Crippen molar-refractivity contribution in [3.05, 3.63) is 17.0 Å². The fraction of sp³-hybridized carbons (Fsp3) is 0.643. The van der Waals surface area contributed by atoms with Crippen molar-refractivity contribution >= 4 is 11.8 Å². The minimum absolute atomic E-state index is 0.00228. The molecule has 0 bridgehead atoms. The molecule has 1 aromatic rings. The van der Waals surface area contributed by atoms with Gasteiger partial charge in [-0.05, 0) is 41.0 Å². The number of carbonyl (C=O) groups is 2. The van der Waals surface area contributed by atoms with E-state index < -0.39 is 0 Å². The normalized spacial score (nSPS) is 11.2. The lowest BCUT2D eigenvalue weighted by atomic mass is 10.1. The highest BCUT2D eigenvalue weighted by atomic mass is 16.5. The van der Waals surface area contributed by atoms with Gasteiger partial charge in [0.05, 0.1) is 12.2 Å². The lowest BCUT2D eigenvalue weighted by Crippen LogP contribution is -2.45. The average Bonchev–Trinajstić information content (AvgIpc) is 2.62. The largest absolute Gasteiger partial charge is 0.361 e. The predicted molar refractivity (Wildman–Crippen MR) is 75.2 cm³/mol. The summed E-state index contributed by atoms with van der Waals surface area (Å²) in [6, 6.07) is 0. The van der Waals surface area contributed by atoms with Gasteiger partial charge in [-0.25, -0.2) is 0 Å². The summed E-state index contributed by atoms with van der Waals surface area (Å²) in [7, 11) is 0. The number of amides is 2. The van der Waals surface area contributed by atoms with Crippen molar-refractivity contribution in [2.45, 2.75) is 53.0 Å². The summed E-state index contributed by atoms with van der Waals surface area (Å²) in [5, 5.41) is 9.23. The van der Waals surface area contributed by atoms with Crippen LogP contribution < -0.4 is 10.6 Å². The third-order valence-corrected chi connectivity index (χ3v) is 2.74. The molecule has 1 aromatic heterocycles. The molecule has 1 heterocycles. The van der Waals surface area contributed by atoms with E-state index in [-0.39, 0.29) is 23.9 Å². The summed E-state index contributed by atoms with van der Waals surface area (Å²) in [5.41, 5.74) is 1.47. The van der Waals surface area contributed by atoms with Gasteiger partial charge >= 0.3 is 0 Å². The van der Waals surface area contributed by atoms with Crippen molar-refractivity contribution in [2.24, 2.45) is 0 Å². The Balaban J connectivity index is 2.33. The molecule has 2 amide bonds. The lowest BCUT2D eigenvalue weighted by Gasteiger charge is -2.20. The second-order valence-corrected chi connectivity index (χ2v) is 5.88. The highest BCUT2D eigenvalue weighted by Crippen LogP contribution is 2.13. The number of rotatable bonds is 5. The van der Waals surface area contributed by atoms with Gasteiger partial charge in [0, 0.05) is 17.5 Å². The maximum Gasteiger partial charge on any atom is 0.239 e. The van der Waals surface area contributed by atoms with Crippen molar-refractivity contribution < 1.29 is 14.1 Å². The van der Waals surface area contributed by atoms with Crippen LogP contribution in [-0.2, 0) is 16.0 Å². The summed E-state index contributed by atoms with van der Waals surface area (Å²) in [6.07, 6.45) is 0.875. The van der Waals surface area contributed by atoms with E-state index in [2.05, 4.69) is 15.8 Å². The Bertz CT molecular complexity index is 467. The zero-order valence-electron chi connectivity index (χ0n) is 12.8. The van der Waals surface area contributed by atoms with E-state index in [0.29, 0.717) is 12.8 Å². The molecule has 0 fully saturated rings. The zero-order valence-corrected chi connectivity index (χ0v) is 12.8. The Labute approximate surface area is 119 Å². The molecule has 0 saturated carbocycles. The molecule has 0 atom stereocenters. The number of hydrogen-bond acceptors (Lipinski definition) is 4. The Kier molecular flexibility index (Phi) is 5.30. The molecule has 6 heteroatoms. The van der Waals surface area contributed by atoms with Gasteiger partial charge in [-0.15, -0.1) is 0 Å². The highest BCUT2D eigenvalue weighted by molar-refractivity contribution is 5.85. The fourth-order valence-corrected chi connectivity index (χ4v) is 1.83. The van der Waals surface area contributed by atoms with E-state index in [9.17, 15) is 9.59 Å². The van der Waals surface area contributed by atoms with Crippen LogP contribution in [0.1, 0.15) is 44.2 Å². The van der Waals surface area contributed by atoms with Gasteiger partial charge in [0.15, 0.2) is 0 Å². The van der Waals surface area contributed by atoms with Crippen molar-refractivity contribution in [3.63, 3.8) is 0 Å². The molecule has 0 spiro atoms. The standard InChI is InChI=1S/C14H23N3O3/c1-9-11(10(2)20-17-9)6-7-12(18)15-8-13(19)16-14(3,4)5/h6-8H2,1-5H3,(H,15,18)(H,16,19). The molecule has 0 aromatic carbocycles. The van der Waals surface area contributed by atoms with Gasteiger partial charge in [0.1, 0.15) is 5.76 Å². The Morgan fingerprint density at radius 2 is 1.85 bits per heavy atom. The van der Waals surface area contributed by atoms with Crippen LogP contribution in [0.3, 0.4) is 0 Å². The van der Waals surface area contributed by atoms with Crippen LogP contribution in [-0.4, -0.2) is 29.1 Å². The second kappa shape index (κ2) is 6.54. The summed E-state index contributed by atoms with van der Waals surface area (Å²) < 4.78 is 5.03. The molecule has 2 N–H and O–H groups in total. The van der Waals surface area contributed by atoms with Gasteiger partial charge in [-0.3, -0.25) is 9.59 Å². The molecule has 112 valence electrons. The van der Waals surface area contributed by atoms with Crippen LogP contribution in [0, 0.1) is 13.8 Å². The van der Waals surface area contributed by atoms with Crippen molar-refractivity contribution in [1.29, 1.82) is 0 Å². The number of nitrogens with zero attached hydrogens (tertiary/aromatic N) is 1. The number of hydrogen-bond donors (Lipinski definition) is 2. The quantitative estimate of drug-likeness (QED) is 0.851. The van der Waals surface area contributed by atoms with Gasteiger partial charge in [0.25, 0.3) is 0 Å². The molecule has 0 unspecified atom stereocenters. The topological polar surface area (TPSA) is 84.2 Å². The molecule has 1 rings (SSSR count). The minimum atomic E-state index is -0.293. The summed E-state index contributed by atoms with van der Waals surface area (Å²) >= 11 is 0. The first-order valence-electron chi connectivity index (χ1n) is 6.68. The van der Waals surface area contributed by atoms with Gasteiger partial charge in [0.2, 0.25) is 11.8 Å². The molecule has 6 nitrogen and oxygen atoms in total. The van der Waals surface area contributed by atoms with Crippen LogP contribution >= 0.6 is 0 Å². The van der Waals surface area contributed by atoms with Gasteiger partial charge < -0.3 is 15.2 Å². The molecule has 0 aliphatic heterocycles. The number of nitrogens with one attached hydrogen (secondary N) is 2. The number of carbonyl (C=O) groups excluding carboxylic acids is 2. The van der Waals surface area contributed by atoms with Crippen LogP contribution in [0.25, 0.3) is 0 Å². The molecule has 0 saturated heterocycles. The molecule has 0 radical (unpaired) electrons. The van der Waals surface area contributed by atoms with Crippen LogP contribution in [0.5, 0.6) is 0 Å². The second-order valence-electron chi connectivity index (χ2n) is 5.88. The minimum Gasteiger partial charge on any atom is -0.361 e. The lowest BCUT2D eigenvalue weighted by molar-refractivity contribution is -0.126. The van der Waals surface area contributed by atoms with Crippen LogP contribution in [0.15, 0.2) is 4.52 Å². The van der Waals surface area contributed by atoms with E-state index in [1.165, 1.54) is 0 Å². The zero-order chi connectivity index (χ0) is 15.3. The van der Waals surface area contributed by atoms with Crippen LogP contribution in [0.4, 0.5) is 0 Å². The summed E-state index contributed by atoms with van der Waals surface area (Å²) in [5.74, 6) is 0.387. The van der Waals surface area contributed by atoms with Gasteiger partial charge in [-0.2, -0.15) is 0 Å². The summed E-state index contributed by atoms with van der Waals surface area (Å²) in [4.78, 5) is 23.2. The van der Waals surface area contributed by atoms with Crippen LogP contribution in [0.2, 0.25) is 0 Å². The SMILES string of the molecule is Cc1noc(C)c1CCC(=O)NCC(=O)NC(C)(C)C. The molecule has 0 aliphatic rings. The predicted octanol–water partition coefficient (Wildman–Crippen LogP) is 1.25. The average molecular weight is 281 g/mol. The monoisotopic (exact) mass is 281 g/mol. The highest BCUT2D eigenvalue weighted by Gasteiger charge is 2.15. The first-order chi connectivity index (χ1) is 9.19. The molecular formula is C14H23N3O3. The first kappa shape index (κ1) is 16.2.